The Morgan fingerprint density at radius 1 is 1.14 bits per heavy atom. The first-order chi connectivity index (χ1) is 14.1. The summed E-state index contributed by atoms with van der Waals surface area (Å²) in [6.07, 6.45) is 7.87. The van der Waals surface area contributed by atoms with Crippen LogP contribution in [0.15, 0.2) is 48.7 Å². The summed E-state index contributed by atoms with van der Waals surface area (Å²) >= 11 is 0. The predicted octanol–water partition coefficient (Wildman–Crippen LogP) is 2.13. The van der Waals surface area contributed by atoms with Crippen molar-refractivity contribution in [1.82, 2.24) is 21.4 Å². The number of anilines is 2. The van der Waals surface area contributed by atoms with Crippen molar-refractivity contribution in [3.05, 3.63) is 54.2 Å². The zero-order valence-corrected chi connectivity index (χ0v) is 16.3. The van der Waals surface area contributed by atoms with Crippen molar-refractivity contribution < 1.29 is 4.79 Å². The number of benzene rings is 1. The summed E-state index contributed by atoms with van der Waals surface area (Å²) in [5.41, 5.74) is 15.4. The van der Waals surface area contributed by atoms with E-state index in [9.17, 15) is 4.79 Å². The molecule has 0 saturated heterocycles. The van der Waals surface area contributed by atoms with Crippen molar-refractivity contribution in [2.45, 2.75) is 32.1 Å². The predicted molar refractivity (Wildman–Crippen MR) is 114 cm³/mol. The van der Waals surface area contributed by atoms with Crippen LogP contribution in [-0.2, 0) is 0 Å². The van der Waals surface area contributed by atoms with Crippen LogP contribution in [0.4, 0.5) is 11.5 Å². The number of nitrogens with zero attached hydrogens (tertiary/aromatic N) is 2. The molecule has 1 heterocycles. The van der Waals surface area contributed by atoms with Crippen LogP contribution in [0.3, 0.4) is 0 Å². The summed E-state index contributed by atoms with van der Waals surface area (Å²) in [5, 5.41) is 12.0. The minimum absolute atomic E-state index is 0.0499. The summed E-state index contributed by atoms with van der Waals surface area (Å²) in [6, 6.07) is 12.4. The maximum Gasteiger partial charge on any atom is 0.251 e. The number of hydrogen-bond acceptors (Lipinski definition) is 6. The van der Waals surface area contributed by atoms with Crippen LogP contribution in [0, 0.1) is 11.3 Å². The van der Waals surface area contributed by atoms with Gasteiger partial charge < -0.3 is 16.5 Å². The third-order valence-corrected chi connectivity index (χ3v) is 4.92. The quantitative estimate of drug-likeness (QED) is 0.229. The van der Waals surface area contributed by atoms with Crippen LogP contribution in [-0.4, -0.2) is 23.4 Å². The Hall–Kier alpha value is -3.17. The minimum atomic E-state index is -0.219. The molecule has 0 bridgehead atoms. The van der Waals surface area contributed by atoms with Crippen LogP contribution < -0.4 is 32.6 Å². The zero-order valence-electron chi connectivity index (χ0n) is 16.3. The van der Waals surface area contributed by atoms with Crippen molar-refractivity contribution in [3.63, 3.8) is 0 Å². The Kier molecular flexibility index (Phi) is 7.37. The molecule has 9 nitrogen and oxygen atoms in total. The van der Waals surface area contributed by atoms with Gasteiger partial charge in [0.15, 0.2) is 5.82 Å². The second-order valence-corrected chi connectivity index (χ2v) is 7.06. The zero-order chi connectivity index (χ0) is 20.5. The number of rotatable bonds is 8. The highest BCUT2D eigenvalue weighted by Gasteiger charge is 2.15. The molecule has 1 saturated carbocycles. The molecule has 0 radical (unpaired) electrons. The molecule has 1 fully saturated rings. The van der Waals surface area contributed by atoms with Crippen molar-refractivity contribution in [2.24, 2.45) is 11.7 Å². The van der Waals surface area contributed by atoms with Crippen LogP contribution in [0.25, 0.3) is 0 Å². The van der Waals surface area contributed by atoms with E-state index in [0.717, 1.165) is 12.2 Å². The number of pyridine rings is 1. The summed E-state index contributed by atoms with van der Waals surface area (Å²) < 4.78 is 0. The number of nitrogens with one attached hydrogen (secondary N) is 5. The Morgan fingerprint density at radius 2 is 1.90 bits per heavy atom. The number of guanidine groups is 1. The van der Waals surface area contributed by atoms with Crippen molar-refractivity contribution >= 4 is 23.4 Å². The monoisotopic (exact) mass is 396 g/mol. The van der Waals surface area contributed by atoms with Gasteiger partial charge in [0.05, 0.1) is 5.69 Å². The van der Waals surface area contributed by atoms with Crippen LogP contribution in [0.5, 0.6) is 0 Å². The number of carbonyl (C=O) groups is 1. The molecule has 0 aliphatic heterocycles. The molecule has 1 aliphatic carbocycles. The third kappa shape index (κ3) is 6.16. The van der Waals surface area contributed by atoms with Gasteiger partial charge in [-0.25, -0.2) is 9.99 Å². The number of hydrazine groups is 3. The van der Waals surface area contributed by atoms with E-state index < -0.39 is 0 Å². The molecule has 0 spiro atoms. The lowest BCUT2D eigenvalue weighted by Crippen LogP contribution is -2.55. The molecule has 1 aromatic carbocycles. The van der Waals surface area contributed by atoms with Gasteiger partial charge in [-0.2, -0.15) is 5.53 Å². The number of amides is 1. The number of nitrogens with two attached hydrogens (primary N) is 1. The van der Waals surface area contributed by atoms with Gasteiger partial charge in [0.1, 0.15) is 0 Å². The van der Waals surface area contributed by atoms with E-state index in [2.05, 4.69) is 26.8 Å². The molecule has 9 heteroatoms. The summed E-state index contributed by atoms with van der Waals surface area (Å²) in [7, 11) is 0. The Balaban J connectivity index is 1.46. The van der Waals surface area contributed by atoms with Gasteiger partial charge in [-0.15, -0.1) is 5.53 Å². The van der Waals surface area contributed by atoms with Gasteiger partial charge in [-0.1, -0.05) is 25.3 Å². The molecule has 0 unspecified atom stereocenters. The molecule has 0 atom stereocenters. The van der Waals surface area contributed by atoms with Crippen molar-refractivity contribution in [2.75, 3.05) is 17.0 Å². The lowest BCUT2D eigenvalue weighted by molar-refractivity contribution is 0.0943. The molecule has 2 aromatic rings. The van der Waals surface area contributed by atoms with Gasteiger partial charge >= 0.3 is 0 Å². The van der Waals surface area contributed by atoms with E-state index in [0.29, 0.717) is 17.3 Å². The lowest BCUT2D eigenvalue weighted by atomic mass is 9.89. The number of aromatic nitrogens is 1. The van der Waals surface area contributed by atoms with E-state index in [4.69, 9.17) is 11.1 Å². The molecule has 1 amide bonds. The molecular weight excluding hydrogens is 368 g/mol. The fourth-order valence-corrected chi connectivity index (χ4v) is 3.32. The van der Waals surface area contributed by atoms with E-state index in [1.165, 1.54) is 37.1 Å². The maximum absolute atomic E-state index is 12.3. The molecule has 29 heavy (non-hydrogen) atoms. The highest BCUT2D eigenvalue weighted by molar-refractivity contribution is 5.94. The normalized spacial score (nSPS) is 14.2. The fourth-order valence-electron chi connectivity index (χ4n) is 3.32. The first-order valence-corrected chi connectivity index (χ1v) is 9.83. The van der Waals surface area contributed by atoms with Crippen LogP contribution >= 0.6 is 0 Å². The first kappa shape index (κ1) is 20.6. The molecular formula is C20H28N8O. The highest BCUT2D eigenvalue weighted by Crippen LogP contribution is 2.22. The molecule has 1 aliphatic rings. The van der Waals surface area contributed by atoms with Gasteiger partial charge in [0.2, 0.25) is 5.96 Å². The SMILES string of the molecule is N=C(N)N(NNNc1ccc(C(=O)NCC2CCCCC2)cc1)c1ccccn1. The minimum Gasteiger partial charge on any atom is -0.369 e. The summed E-state index contributed by atoms with van der Waals surface area (Å²) in [4.78, 5) is 16.5. The van der Waals surface area contributed by atoms with E-state index >= 15 is 0 Å². The largest absolute Gasteiger partial charge is 0.369 e. The van der Waals surface area contributed by atoms with E-state index in [1.54, 1.807) is 48.7 Å². The Labute approximate surface area is 170 Å². The Morgan fingerprint density at radius 3 is 2.55 bits per heavy atom. The van der Waals surface area contributed by atoms with Crippen molar-refractivity contribution in [3.8, 4) is 0 Å². The Bertz CT molecular complexity index is 790. The summed E-state index contributed by atoms with van der Waals surface area (Å²) in [5.74, 6) is 0.806. The molecule has 1 aromatic heterocycles. The standard InChI is InChI=1S/C20H28N8O/c21-20(22)28(18-8-4-5-13-23-18)27-26-25-17-11-9-16(10-12-17)19(29)24-14-15-6-2-1-3-7-15/h4-5,8-13,15,25-27H,1-3,6-7,14H2,(H3,21,22)(H,24,29). The summed E-state index contributed by atoms with van der Waals surface area (Å²) in [6.45, 7) is 0.749. The topological polar surface area (TPSA) is 131 Å². The molecule has 7 N–H and O–H groups in total. The third-order valence-electron chi connectivity index (χ3n) is 4.92. The number of hydrogen-bond donors (Lipinski definition) is 6. The van der Waals surface area contributed by atoms with Gasteiger partial charge in [0.25, 0.3) is 5.91 Å². The molecule has 154 valence electrons. The smallest absolute Gasteiger partial charge is 0.251 e. The van der Waals surface area contributed by atoms with Gasteiger partial charge in [0, 0.05) is 18.3 Å². The number of carbonyl (C=O) groups excluding carboxylic acids is 1. The second kappa shape index (κ2) is 10.4. The molecule has 3 rings (SSSR count). The average Bonchev–Trinajstić information content (AvgIpc) is 2.76. The maximum atomic E-state index is 12.3. The second-order valence-electron chi connectivity index (χ2n) is 7.06. The van der Waals surface area contributed by atoms with E-state index in [-0.39, 0.29) is 11.9 Å². The van der Waals surface area contributed by atoms with E-state index in [1.807, 2.05) is 0 Å². The van der Waals surface area contributed by atoms with Crippen molar-refractivity contribution in [1.29, 1.82) is 5.41 Å². The van der Waals surface area contributed by atoms with Gasteiger partial charge in [-0.3, -0.25) is 10.2 Å². The highest BCUT2D eigenvalue weighted by atomic mass is 16.1. The van der Waals surface area contributed by atoms with Crippen LogP contribution in [0.1, 0.15) is 42.5 Å². The fraction of sp³-hybridized carbons (Fsp3) is 0.350. The lowest BCUT2D eigenvalue weighted by Gasteiger charge is -2.23. The average molecular weight is 396 g/mol. The van der Waals surface area contributed by atoms with Crippen LogP contribution in [0.2, 0.25) is 0 Å². The first-order valence-electron chi connectivity index (χ1n) is 9.83. The van der Waals surface area contributed by atoms with Gasteiger partial charge in [-0.05, 0) is 55.2 Å².